The summed E-state index contributed by atoms with van der Waals surface area (Å²) in [5.41, 5.74) is 0. The van der Waals surface area contributed by atoms with Crippen molar-refractivity contribution in [2.45, 2.75) is 19.8 Å². The van der Waals surface area contributed by atoms with Crippen LogP contribution in [0.5, 0.6) is 0 Å². The molecule has 0 heterocycles. The number of carbonyl (C=O) groups is 2. The second kappa shape index (κ2) is 10.4. The molecule has 16 heavy (non-hydrogen) atoms. The van der Waals surface area contributed by atoms with E-state index >= 15 is 0 Å². The van der Waals surface area contributed by atoms with Crippen molar-refractivity contribution in [2.24, 2.45) is 0 Å². The van der Waals surface area contributed by atoms with E-state index in [2.05, 4.69) is 9.47 Å². The van der Waals surface area contributed by atoms with Crippen molar-refractivity contribution >= 4 is 11.9 Å². The highest BCUT2D eigenvalue weighted by molar-refractivity contribution is 5.71. The average Bonchev–Trinajstić information content (AvgIpc) is 2.25. The summed E-state index contributed by atoms with van der Waals surface area (Å²) in [6.45, 7) is 2.07. The van der Waals surface area contributed by atoms with E-state index < -0.39 is 5.97 Å². The fourth-order valence-corrected chi connectivity index (χ4v) is 0.777. The Labute approximate surface area is 94.8 Å². The molecule has 0 saturated heterocycles. The first-order valence-electron chi connectivity index (χ1n) is 5.08. The Bertz CT molecular complexity index is 203. The number of esters is 2. The number of methoxy groups -OCH3 is 1. The number of ether oxygens (including phenoxy) is 4. The average molecular weight is 234 g/mol. The standard InChI is InChI=1S/C10H18O6/c1-3-4-9(11)15-8-16-10(12)7-14-6-5-13-2/h3-8H2,1-2H3. The first-order valence-corrected chi connectivity index (χ1v) is 5.08. The molecule has 0 amide bonds. The zero-order valence-corrected chi connectivity index (χ0v) is 9.69. The minimum Gasteiger partial charge on any atom is -0.428 e. The summed E-state index contributed by atoms with van der Waals surface area (Å²) >= 11 is 0. The maximum absolute atomic E-state index is 11.0. The number of hydrogen-bond acceptors (Lipinski definition) is 6. The summed E-state index contributed by atoms with van der Waals surface area (Å²) in [6.07, 6.45) is 1.02. The van der Waals surface area contributed by atoms with Crippen molar-refractivity contribution in [2.75, 3.05) is 33.7 Å². The predicted molar refractivity (Wildman–Crippen MR) is 54.7 cm³/mol. The van der Waals surface area contributed by atoms with E-state index in [1.165, 1.54) is 7.11 Å². The monoisotopic (exact) mass is 234 g/mol. The first kappa shape index (κ1) is 14.9. The molecule has 0 aliphatic heterocycles. The maximum atomic E-state index is 11.0. The van der Waals surface area contributed by atoms with Crippen molar-refractivity contribution in [1.82, 2.24) is 0 Å². The summed E-state index contributed by atoms with van der Waals surface area (Å²) in [7, 11) is 1.54. The molecule has 6 nitrogen and oxygen atoms in total. The van der Waals surface area contributed by atoms with Gasteiger partial charge in [-0.15, -0.1) is 0 Å². The molecule has 0 fully saturated rings. The number of rotatable bonds is 9. The minimum absolute atomic E-state index is 0.172. The van der Waals surface area contributed by atoms with E-state index in [0.29, 0.717) is 26.1 Å². The fourth-order valence-electron chi connectivity index (χ4n) is 0.777. The third kappa shape index (κ3) is 9.42. The Kier molecular flexibility index (Phi) is 9.64. The lowest BCUT2D eigenvalue weighted by Gasteiger charge is -2.06. The predicted octanol–water partition coefficient (Wildman–Crippen LogP) is 0.493. The molecule has 0 atom stereocenters. The van der Waals surface area contributed by atoms with Crippen LogP contribution in [-0.2, 0) is 28.5 Å². The number of carbonyl (C=O) groups excluding carboxylic acids is 2. The summed E-state index contributed by atoms with van der Waals surface area (Å²) in [4.78, 5) is 21.8. The second-order valence-electron chi connectivity index (χ2n) is 2.95. The molecule has 0 aliphatic carbocycles. The SMILES string of the molecule is CCCC(=O)OCOC(=O)COCCOC. The summed E-state index contributed by atoms with van der Waals surface area (Å²) in [6, 6.07) is 0. The Morgan fingerprint density at radius 2 is 1.75 bits per heavy atom. The fraction of sp³-hybridized carbons (Fsp3) is 0.800. The molecule has 0 unspecified atom stereocenters. The van der Waals surface area contributed by atoms with Gasteiger partial charge in [0.1, 0.15) is 6.61 Å². The molecule has 0 radical (unpaired) electrons. The van der Waals surface area contributed by atoms with E-state index in [1.54, 1.807) is 0 Å². The molecule has 0 aliphatic rings. The molecular weight excluding hydrogens is 216 g/mol. The van der Waals surface area contributed by atoms with Crippen LogP contribution in [0.3, 0.4) is 0 Å². The molecule has 0 N–H and O–H groups in total. The molecule has 6 heteroatoms. The Balaban J connectivity index is 3.33. The Hall–Kier alpha value is -1.14. The van der Waals surface area contributed by atoms with Gasteiger partial charge in [-0.1, -0.05) is 6.92 Å². The number of hydrogen-bond donors (Lipinski definition) is 0. The lowest BCUT2D eigenvalue weighted by molar-refractivity contribution is -0.170. The van der Waals surface area contributed by atoms with Crippen molar-refractivity contribution in [1.29, 1.82) is 0 Å². The highest BCUT2D eigenvalue weighted by Gasteiger charge is 2.05. The van der Waals surface area contributed by atoms with Crippen LogP contribution in [-0.4, -0.2) is 45.7 Å². The van der Waals surface area contributed by atoms with E-state index in [-0.39, 0.29) is 19.4 Å². The van der Waals surface area contributed by atoms with Gasteiger partial charge in [0.25, 0.3) is 0 Å². The van der Waals surface area contributed by atoms with Crippen molar-refractivity contribution < 1.29 is 28.5 Å². The van der Waals surface area contributed by atoms with Crippen molar-refractivity contribution in [3.05, 3.63) is 0 Å². The molecule has 0 saturated carbocycles. The van der Waals surface area contributed by atoms with Gasteiger partial charge in [0.05, 0.1) is 13.2 Å². The van der Waals surface area contributed by atoms with Gasteiger partial charge in [-0.2, -0.15) is 0 Å². The van der Waals surface area contributed by atoms with Crippen LogP contribution < -0.4 is 0 Å². The normalized spacial score (nSPS) is 9.88. The molecule has 0 spiro atoms. The summed E-state index contributed by atoms with van der Waals surface area (Å²) in [5.74, 6) is -0.948. The quantitative estimate of drug-likeness (QED) is 0.328. The van der Waals surface area contributed by atoms with E-state index in [9.17, 15) is 9.59 Å². The van der Waals surface area contributed by atoms with Crippen LogP contribution in [0.4, 0.5) is 0 Å². The van der Waals surface area contributed by atoms with Gasteiger partial charge < -0.3 is 18.9 Å². The molecular formula is C10H18O6. The van der Waals surface area contributed by atoms with E-state index in [4.69, 9.17) is 9.47 Å². The van der Waals surface area contributed by atoms with Crippen LogP contribution in [0.1, 0.15) is 19.8 Å². The van der Waals surface area contributed by atoms with Gasteiger partial charge in [-0.3, -0.25) is 4.79 Å². The molecule has 0 aromatic rings. The van der Waals surface area contributed by atoms with Gasteiger partial charge in [0.2, 0.25) is 6.79 Å². The van der Waals surface area contributed by atoms with Gasteiger partial charge in [0.15, 0.2) is 0 Å². The van der Waals surface area contributed by atoms with Crippen LogP contribution in [0.15, 0.2) is 0 Å². The smallest absolute Gasteiger partial charge is 0.334 e. The van der Waals surface area contributed by atoms with Gasteiger partial charge in [0, 0.05) is 13.5 Å². The van der Waals surface area contributed by atoms with Crippen LogP contribution in [0.25, 0.3) is 0 Å². The highest BCUT2D eigenvalue weighted by atomic mass is 16.7. The summed E-state index contributed by atoms with van der Waals surface area (Å²) < 4.78 is 18.8. The van der Waals surface area contributed by atoms with Crippen molar-refractivity contribution in [3.8, 4) is 0 Å². The molecule has 0 aromatic heterocycles. The van der Waals surface area contributed by atoms with Crippen molar-refractivity contribution in [3.63, 3.8) is 0 Å². The molecule has 0 aromatic carbocycles. The topological polar surface area (TPSA) is 71.1 Å². The maximum Gasteiger partial charge on any atom is 0.334 e. The third-order valence-corrected chi connectivity index (χ3v) is 1.55. The lowest BCUT2D eigenvalue weighted by Crippen LogP contribution is -2.17. The largest absolute Gasteiger partial charge is 0.428 e. The minimum atomic E-state index is -0.569. The summed E-state index contributed by atoms with van der Waals surface area (Å²) in [5, 5.41) is 0. The van der Waals surface area contributed by atoms with E-state index in [0.717, 1.165) is 0 Å². The molecule has 94 valence electrons. The molecule has 0 bridgehead atoms. The molecule has 0 rings (SSSR count). The second-order valence-corrected chi connectivity index (χ2v) is 2.95. The van der Waals surface area contributed by atoms with Crippen LogP contribution >= 0.6 is 0 Å². The zero-order valence-electron chi connectivity index (χ0n) is 9.69. The Morgan fingerprint density at radius 3 is 2.38 bits per heavy atom. The highest BCUT2D eigenvalue weighted by Crippen LogP contribution is 1.92. The van der Waals surface area contributed by atoms with Gasteiger partial charge >= 0.3 is 11.9 Å². The first-order chi connectivity index (χ1) is 7.70. The Morgan fingerprint density at radius 1 is 1.06 bits per heavy atom. The van der Waals surface area contributed by atoms with Gasteiger partial charge in [-0.05, 0) is 6.42 Å². The van der Waals surface area contributed by atoms with Gasteiger partial charge in [-0.25, -0.2) is 4.79 Å². The van der Waals surface area contributed by atoms with Crippen LogP contribution in [0, 0.1) is 0 Å². The lowest BCUT2D eigenvalue weighted by atomic mass is 10.3. The van der Waals surface area contributed by atoms with E-state index in [1.807, 2.05) is 6.92 Å². The third-order valence-electron chi connectivity index (χ3n) is 1.55. The van der Waals surface area contributed by atoms with Crippen LogP contribution in [0.2, 0.25) is 0 Å². The zero-order chi connectivity index (χ0) is 12.2.